The van der Waals surface area contributed by atoms with E-state index in [0.717, 1.165) is 0 Å². The van der Waals surface area contributed by atoms with Crippen LogP contribution in [0.1, 0.15) is 6.92 Å². The molecule has 0 aliphatic rings. The molecule has 0 unspecified atom stereocenters. The number of hydrogen-bond donors (Lipinski definition) is 1. The third kappa shape index (κ3) is 4.11. The highest BCUT2D eigenvalue weighted by Gasteiger charge is 2.18. The average Bonchev–Trinajstić information content (AvgIpc) is 2.73. The van der Waals surface area contributed by atoms with Crippen LogP contribution in [0.3, 0.4) is 0 Å². The summed E-state index contributed by atoms with van der Waals surface area (Å²) >= 11 is 0. The van der Waals surface area contributed by atoms with Gasteiger partial charge in [0.05, 0.1) is 17.3 Å². The quantitative estimate of drug-likeness (QED) is 0.500. The second kappa shape index (κ2) is 7.88. The SMILES string of the molecule is CC(=O)Nc1ccc(S(=O)(=O)[N-]c2nc3ccccc3nc2-[n+]2ccccc2)cc1. The Bertz CT molecular complexity index is 1320. The molecule has 1 N–H and O–H groups in total. The number of anilines is 1. The van der Waals surface area contributed by atoms with Gasteiger partial charge in [0.1, 0.15) is 0 Å². The number of benzene rings is 2. The van der Waals surface area contributed by atoms with Gasteiger partial charge >= 0.3 is 5.82 Å². The number of carbonyl (C=O) groups excluding carboxylic acids is 1. The standard InChI is InChI=1S/C21H17N5O3S/c1-15(27)22-16-9-11-17(12-10-16)30(28,29)25-20-21(26-13-5-2-6-14-26)24-19-8-4-3-7-18(19)23-20/h2-14H,1H3,(H-,22,23,25,27). The fourth-order valence-corrected chi connectivity index (χ4v) is 3.77. The molecule has 0 bridgehead atoms. The summed E-state index contributed by atoms with van der Waals surface area (Å²) in [6.45, 7) is 1.38. The molecule has 0 atom stereocenters. The molecule has 2 heterocycles. The third-order valence-electron chi connectivity index (χ3n) is 4.17. The topological polar surface area (TPSA) is 107 Å². The predicted octanol–water partition coefficient (Wildman–Crippen LogP) is 3.26. The van der Waals surface area contributed by atoms with Gasteiger partial charge < -0.3 is 15.0 Å². The van der Waals surface area contributed by atoms with E-state index in [0.29, 0.717) is 22.5 Å². The second-order valence-electron chi connectivity index (χ2n) is 6.41. The summed E-state index contributed by atoms with van der Waals surface area (Å²) < 4.78 is 31.5. The summed E-state index contributed by atoms with van der Waals surface area (Å²) in [6, 6.07) is 18.4. The van der Waals surface area contributed by atoms with Crippen molar-refractivity contribution < 1.29 is 17.8 Å². The van der Waals surface area contributed by atoms with Crippen molar-refractivity contribution in [1.82, 2.24) is 9.97 Å². The largest absolute Gasteiger partial charge is 0.425 e. The maximum atomic E-state index is 12.9. The van der Waals surface area contributed by atoms with E-state index in [4.69, 9.17) is 0 Å². The fourth-order valence-electron chi connectivity index (χ4n) is 2.84. The van der Waals surface area contributed by atoms with Gasteiger partial charge in [-0.1, -0.05) is 24.3 Å². The van der Waals surface area contributed by atoms with Gasteiger partial charge in [0.25, 0.3) is 0 Å². The lowest BCUT2D eigenvalue weighted by Crippen LogP contribution is -2.31. The molecule has 0 saturated carbocycles. The first-order chi connectivity index (χ1) is 14.4. The highest BCUT2D eigenvalue weighted by molar-refractivity contribution is 7.94. The summed E-state index contributed by atoms with van der Waals surface area (Å²) in [5, 5.41) is 2.59. The Kier molecular flexibility index (Phi) is 5.11. The summed E-state index contributed by atoms with van der Waals surface area (Å²) in [4.78, 5) is 20.1. The number of rotatable bonds is 5. The fraction of sp³-hybridized carbons (Fsp3) is 0.0476. The van der Waals surface area contributed by atoms with Gasteiger partial charge in [-0.3, -0.25) is 4.79 Å². The molecule has 2 aromatic carbocycles. The minimum atomic E-state index is -4.06. The van der Waals surface area contributed by atoms with Gasteiger partial charge in [-0.05, 0) is 47.4 Å². The number of fused-ring (bicyclic) bond motifs is 1. The lowest BCUT2D eigenvalue weighted by Gasteiger charge is -2.16. The van der Waals surface area contributed by atoms with Crippen molar-refractivity contribution >= 4 is 38.5 Å². The molecular formula is C21H17N5O3S. The highest BCUT2D eigenvalue weighted by atomic mass is 32.2. The van der Waals surface area contributed by atoms with Crippen molar-refractivity contribution in [3.63, 3.8) is 0 Å². The first-order valence-corrected chi connectivity index (χ1v) is 10.5. The second-order valence-corrected chi connectivity index (χ2v) is 8.02. The number of aromatic nitrogens is 3. The number of carbonyl (C=O) groups is 1. The number of pyridine rings is 1. The number of sulfonamides is 1. The van der Waals surface area contributed by atoms with E-state index in [1.165, 1.54) is 31.2 Å². The Morgan fingerprint density at radius 3 is 2.17 bits per heavy atom. The molecular weight excluding hydrogens is 402 g/mol. The lowest BCUT2D eigenvalue weighted by molar-refractivity contribution is -0.598. The van der Waals surface area contributed by atoms with Crippen molar-refractivity contribution in [2.75, 3.05) is 5.32 Å². The third-order valence-corrected chi connectivity index (χ3v) is 5.45. The molecule has 1 amide bonds. The van der Waals surface area contributed by atoms with Crippen molar-refractivity contribution in [2.45, 2.75) is 11.8 Å². The number of amides is 1. The first-order valence-electron chi connectivity index (χ1n) is 9.01. The Morgan fingerprint density at radius 2 is 1.53 bits per heavy atom. The molecule has 0 aliphatic carbocycles. The molecule has 4 rings (SSSR count). The van der Waals surface area contributed by atoms with Crippen molar-refractivity contribution in [1.29, 1.82) is 0 Å². The van der Waals surface area contributed by atoms with Crippen LogP contribution in [0.15, 0.2) is 84.0 Å². The van der Waals surface area contributed by atoms with E-state index < -0.39 is 10.0 Å². The minimum Gasteiger partial charge on any atom is -0.425 e. The van der Waals surface area contributed by atoms with Crippen LogP contribution >= 0.6 is 0 Å². The van der Waals surface area contributed by atoms with Crippen molar-refractivity contribution in [3.8, 4) is 5.82 Å². The summed E-state index contributed by atoms with van der Waals surface area (Å²) in [6.07, 6.45) is 3.49. The molecule has 0 spiro atoms. The molecule has 4 aromatic rings. The van der Waals surface area contributed by atoms with Crippen LogP contribution in [-0.4, -0.2) is 24.3 Å². The molecule has 9 heteroatoms. The average molecular weight is 419 g/mol. The Labute approximate surface area is 173 Å². The Hall–Kier alpha value is -3.85. The minimum absolute atomic E-state index is 0.0177. The Morgan fingerprint density at radius 1 is 0.900 bits per heavy atom. The predicted molar refractivity (Wildman–Crippen MR) is 112 cm³/mol. The van der Waals surface area contributed by atoms with Crippen LogP contribution in [0.25, 0.3) is 21.6 Å². The first kappa shape index (κ1) is 19.5. The molecule has 150 valence electrons. The molecule has 0 fully saturated rings. The summed E-state index contributed by atoms with van der Waals surface area (Å²) in [5.74, 6) is 0.0369. The number of nitrogens with one attached hydrogen (secondary N) is 1. The maximum absolute atomic E-state index is 12.9. The van der Waals surface area contributed by atoms with E-state index >= 15 is 0 Å². The van der Waals surface area contributed by atoms with Crippen LogP contribution in [0, 0.1) is 0 Å². The lowest BCUT2D eigenvalue weighted by atomic mass is 10.3. The number of hydrogen-bond acceptors (Lipinski definition) is 5. The van der Waals surface area contributed by atoms with E-state index in [2.05, 4.69) is 20.0 Å². The van der Waals surface area contributed by atoms with Gasteiger partial charge in [-0.25, -0.2) is 13.0 Å². The van der Waals surface area contributed by atoms with Crippen molar-refractivity contribution in [2.24, 2.45) is 0 Å². The van der Waals surface area contributed by atoms with Gasteiger partial charge in [0, 0.05) is 23.9 Å². The van der Waals surface area contributed by atoms with E-state index in [9.17, 15) is 13.2 Å². The van der Waals surface area contributed by atoms with Crippen LogP contribution in [0.4, 0.5) is 11.5 Å². The van der Waals surface area contributed by atoms with Gasteiger partial charge in [-0.15, -0.1) is 0 Å². The van der Waals surface area contributed by atoms with Crippen LogP contribution in [0.5, 0.6) is 0 Å². The van der Waals surface area contributed by atoms with Gasteiger partial charge in [-0.2, -0.15) is 0 Å². The van der Waals surface area contributed by atoms with E-state index in [-0.39, 0.29) is 16.6 Å². The van der Waals surface area contributed by atoms with Crippen LogP contribution in [0.2, 0.25) is 0 Å². The molecule has 0 radical (unpaired) electrons. The molecule has 8 nitrogen and oxygen atoms in total. The maximum Gasteiger partial charge on any atom is 0.327 e. The normalized spacial score (nSPS) is 11.2. The molecule has 2 aromatic heterocycles. The Balaban J connectivity index is 1.76. The van der Waals surface area contributed by atoms with E-state index in [1.54, 1.807) is 47.3 Å². The highest BCUT2D eigenvalue weighted by Crippen LogP contribution is 2.30. The van der Waals surface area contributed by atoms with Gasteiger partial charge in [0.2, 0.25) is 15.9 Å². The molecule has 0 aliphatic heterocycles. The molecule has 30 heavy (non-hydrogen) atoms. The van der Waals surface area contributed by atoms with Crippen LogP contribution < -0.4 is 9.88 Å². The summed E-state index contributed by atoms with van der Waals surface area (Å²) in [5.41, 5.74) is 1.65. The number of para-hydroxylation sites is 2. The summed E-state index contributed by atoms with van der Waals surface area (Å²) in [7, 11) is -4.06. The van der Waals surface area contributed by atoms with Gasteiger partial charge in [0.15, 0.2) is 5.52 Å². The number of nitrogens with zero attached hydrogens (tertiary/aromatic N) is 4. The zero-order valence-electron chi connectivity index (χ0n) is 15.9. The zero-order chi connectivity index (χ0) is 21.1. The van der Waals surface area contributed by atoms with Crippen molar-refractivity contribution in [3.05, 3.63) is 83.8 Å². The zero-order valence-corrected chi connectivity index (χ0v) is 16.7. The van der Waals surface area contributed by atoms with E-state index in [1.807, 2.05) is 12.1 Å². The monoisotopic (exact) mass is 419 g/mol. The smallest absolute Gasteiger partial charge is 0.327 e. The van der Waals surface area contributed by atoms with Crippen LogP contribution in [-0.2, 0) is 14.8 Å². The molecule has 0 saturated heterocycles.